The molecule has 0 aliphatic heterocycles. The lowest BCUT2D eigenvalue weighted by Crippen LogP contribution is -2.60. The maximum atomic E-state index is 13.1. The molecule has 1 fully saturated rings. The van der Waals surface area contributed by atoms with Gasteiger partial charge in [0, 0.05) is 0 Å². The van der Waals surface area contributed by atoms with E-state index in [1.54, 1.807) is 13.8 Å². The molecule has 6 heteroatoms. The minimum atomic E-state index is -1.12. The van der Waals surface area contributed by atoms with E-state index in [0.717, 1.165) is 12.8 Å². The summed E-state index contributed by atoms with van der Waals surface area (Å²) in [6, 6.07) is -0.878. The molecular formula is C21H40N2O4. The van der Waals surface area contributed by atoms with Gasteiger partial charge in [-0.3, -0.25) is 9.59 Å². The monoisotopic (exact) mass is 384 g/mol. The van der Waals surface area contributed by atoms with Crippen LogP contribution < -0.4 is 10.6 Å². The third-order valence-corrected chi connectivity index (χ3v) is 7.08. The smallest absolute Gasteiger partial charge is 0.236 e. The highest BCUT2D eigenvalue weighted by molar-refractivity contribution is 6.05. The molecule has 0 aromatic heterocycles. The average molecular weight is 385 g/mol. The first kappa shape index (κ1) is 23.9. The Morgan fingerprint density at radius 2 is 1.11 bits per heavy atom. The number of amides is 2. The van der Waals surface area contributed by atoms with Crippen LogP contribution in [0.4, 0.5) is 0 Å². The standard InChI is InChI=1S/C21H40N2O4/c1-7-20(26,8-2)15(5)22-17(24)19(13-11-12-14-19)18(25)23-16(6)21(27,9-3)10-4/h15-16,26-27H,7-14H2,1-6H3,(H,22,24)(H,23,25)/t15-,16-/m1/s1. The summed E-state index contributed by atoms with van der Waals surface area (Å²) in [4.78, 5) is 26.2. The summed E-state index contributed by atoms with van der Waals surface area (Å²) in [5, 5.41) is 27.2. The van der Waals surface area contributed by atoms with E-state index in [2.05, 4.69) is 10.6 Å². The van der Waals surface area contributed by atoms with Crippen LogP contribution in [-0.2, 0) is 9.59 Å². The maximum absolute atomic E-state index is 13.1. The Bertz CT molecular complexity index is 466. The summed E-state index contributed by atoms with van der Waals surface area (Å²) in [5.74, 6) is -0.622. The number of hydrogen-bond donors (Lipinski definition) is 4. The molecule has 1 aliphatic rings. The van der Waals surface area contributed by atoms with E-state index in [0.29, 0.717) is 38.5 Å². The summed E-state index contributed by atoms with van der Waals surface area (Å²) in [5.41, 5.74) is -3.08. The Morgan fingerprint density at radius 1 is 0.815 bits per heavy atom. The van der Waals surface area contributed by atoms with Crippen LogP contribution in [0.1, 0.15) is 92.9 Å². The molecule has 1 saturated carbocycles. The van der Waals surface area contributed by atoms with Crippen molar-refractivity contribution in [1.82, 2.24) is 10.6 Å². The lowest BCUT2D eigenvalue weighted by molar-refractivity contribution is -0.146. The molecule has 0 radical (unpaired) electrons. The minimum absolute atomic E-state index is 0.311. The number of rotatable bonds is 10. The van der Waals surface area contributed by atoms with Crippen LogP contribution in [0.5, 0.6) is 0 Å². The van der Waals surface area contributed by atoms with E-state index >= 15 is 0 Å². The second kappa shape index (κ2) is 9.37. The fourth-order valence-corrected chi connectivity index (χ4v) is 4.20. The zero-order chi connectivity index (χ0) is 20.9. The van der Waals surface area contributed by atoms with Gasteiger partial charge in [-0.25, -0.2) is 0 Å². The quantitative estimate of drug-likeness (QED) is 0.435. The van der Waals surface area contributed by atoms with Crippen LogP contribution in [0.25, 0.3) is 0 Å². The van der Waals surface area contributed by atoms with Crippen molar-refractivity contribution < 1.29 is 19.8 Å². The third-order valence-electron chi connectivity index (χ3n) is 7.08. The predicted octanol–water partition coefficient (Wildman–Crippen LogP) is 2.66. The van der Waals surface area contributed by atoms with Crippen molar-refractivity contribution in [1.29, 1.82) is 0 Å². The van der Waals surface area contributed by atoms with Gasteiger partial charge >= 0.3 is 0 Å². The van der Waals surface area contributed by atoms with Crippen LogP contribution >= 0.6 is 0 Å². The zero-order valence-electron chi connectivity index (χ0n) is 18.0. The summed E-state index contributed by atoms with van der Waals surface area (Å²) in [7, 11) is 0. The largest absolute Gasteiger partial charge is 0.388 e. The summed E-state index contributed by atoms with van der Waals surface area (Å²) >= 11 is 0. The average Bonchev–Trinajstić information content (AvgIpc) is 3.17. The van der Waals surface area contributed by atoms with Gasteiger partial charge < -0.3 is 20.8 Å². The van der Waals surface area contributed by atoms with Gasteiger partial charge in [0.2, 0.25) is 11.8 Å². The number of carbonyl (C=O) groups excluding carboxylic acids is 2. The van der Waals surface area contributed by atoms with Crippen molar-refractivity contribution in [2.24, 2.45) is 5.41 Å². The van der Waals surface area contributed by atoms with Crippen molar-refractivity contribution in [2.75, 3.05) is 0 Å². The highest BCUT2D eigenvalue weighted by atomic mass is 16.3. The van der Waals surface area contributed by atoms with Gasteiger partial charge in [0.1, 0.15) is 5.41 Å². The fraction of sp³-hybridized carbons (Fsp3) is 0.905. The van der Waals surface area contributed by atoms with Crippen LogP contribution in [0, 0.1) is 5.41 Å². The van der Waals surface area contributed by atoms with Crippen molar-refractivity contribution in [3.8, 4) is 0 Å². The molecule has 1 rings (SSSR count). The van der Waals surface area contributed by atoms with Gasteiger partial charge in [0.05, 0.1) is 23.3 Å². The number of aliphatic hydroxyl groups is 2. The lowest BCUT2D eigenvalue weighted by atomic mass is 9.81. The van der Waals surface area contributed by atoms with E-state index in [9.17, 15) is 19.8 Å². The lowest BCUT2D eigenvalue weighted by Gasteiger charge is -2.38. The molecular weight excluding hydrogens is 344 g/mol. The Balaban J connectivity index is 2.98. The molecule has 0 heterocycles. The summed E-state index contributed by atoms with van der Waals surface area (Å²) in [6.45, 7) is 11.1. The summed E-state index contributed by atoms with van der Waals surface area (Å²) in [6.07, 6.45) is 4.75. The molecule has 2 atom stereocenters. The van der Waals surface area contributed by atoms with Crippen molar-refractivity contribution >= 4 is 11.8 Å². The third kappa shape index (κ3) is 4.83. The minimum Gasteiger partial charge on any atom is -0.388 e. The fourth-order valence-electron chi connectivity index (χ4n) is 4.20. The molecule has 0 aromatic carbocycles. The molecule has 0 bridgehead atoms. The second-order valence-corrected chi connectivity index (χ2v) is 8.30. The molecule has 0 unspecified atom stereocenters. The molecule has 158 valence electrons. The molecule has 0 spiro atoms. The molecule has 2 amide bonds. The first-order valence-electron chi connectivity index (χ1n) is 10.6. The normalized spacial score (nSPS) is 19.4. The Kier molecular flexibility index (Phi) is 8.30. The SMILES string of the molecule is CCC(O)(CC)[C@@H](C)NC(=O)C1(C(=O)N[C@H](C)C(O)(CC)CC)CCCC1. The second-order valence-electron chi connectivity index (χ2n) is 8.30. The molecule has 4 N–H and O–H groups in total. The number of carbonyl (C=O) groups is 2. The van der Waals surface area contributed by atoms with Gasteiger partial charge in [0.25, 0.3) is 0 Å². The summed E-state index contributed by atoms with van der Waals surface area (Å²) < 4.78 is 0. The molecule has 1 aliphatic carbocycles. The number of hydrogen-bond acceptors (Lipinski definition) is 4. The van der Waals surface area contributed by atoms with Gasteiger partial charge in [0.15, 0.2) is 0 Å². The topological polar surface area (TPSA) is 98.7 Å². The van der Waals surface area contributed by atoms with Crippen molar-refractivity contribution in [3.63, 3.8) is 0 Å². The van der Waals surface area contributed by atoms with Crippen LogP contribution in [0.2, 0.25) is 0 Å². The maximum Gasteiger partial charge on any atom is 0.236 e. The Morgan fingerprint density at radius 3 is 1.37 bits per heavy atom. The van der Waals surface area contributed by atoms with Crippen LogP contribution in [0.15, 0.2) is 0 Å². The molecule has 0 aromatic rings. The highest BCUT2D eigenvalue weighted by Gasteiger charge is 2.50. The first-order valence-corrected chi connectivity index (χ1v) is 10.6. The van der Waals surface area contributed by atoms with Gasteiger partial charge in [-0.2, -0.15) is 0 Å². The van der Waals surface area contributed by atoms with Crippen molar-refractivity contribution in [2.45, 2.75) is 116 Å². The van der Waals surface area contributed by atoms with Gasteiger partial charge in [-0.15, -0.1) is 0 Å². The Labute approximate surface area is 164 Å². The van der Waals surface area contributed by atoms with E-state index in [-0.39, 0.29) is 11.8 Å². The van der Waals surface area contributed by atoms with E-state index in [1.165, 1.54) is 0 Å². The van der Waals surface area contributed by atoms with E-state index < -0.39 is 28.7 Å². The van der Waals surface area contributed by atoms with E-state index in [1.807, 2.05) is 27.7 Å². The van der Waals surface area contributed by atoms with Crippen LogP contribution in [-0.4, -0.2) is 45.3 Å². The van der Waals surface area contributed by atoms with Crippen LogP contribution in [0.3, 0.4) is 0 Å². The van der Waals surface area contributed by atoms with Gasteiger partial charge in [-0.1, -0.05) is 40.5 Å². The molecule has 6 nitrogen and oxygen atoms in total. The van der Waals surface area contributed by atoms with Gasteiger partial charge in [-0.05, 0) is 52.4 Å². The molecule has 27 heavy (non-hydrogen) atoms. The molecule has 0 saturated heterocycles. The Hall–Kier alpha value is -1.14. The van der Waals surface area contributed by atoms with E-state index in [4.69, 9.17) is 0 Å². The predicted molar refractivity (Wildman–Crippen MR) is 107 cm³/mol. The number of nitrogens with one attached hydrogen (secondary N) is 2. The van der Waals surface area contributed by atoms with Crippen molar-refractivity contribution in [3.05, 3.63) is 0 Å². The first-order chi connectivity index (χ1) is 12.5. The highest BCUT2D eigenvalue weighted by Crippen LogP contribution is 2.39. The zero-order valence-corrected chi connectivity index (χ0v) is 18.0.